The summed E-state index contributed by atoms with van der Waals surface area (Å²) in [6, 6.07) is 9.63. The molecule has 0 bridgehead atoms. The lowest BCUT2D eigenvalue weighted by Gasteiger charge is -2.09. The van der Waals surface area contributed by atoms with Crippen LogP contribution in [0.4, 0.5) is 0 Å². The Bertz CT molecular complexity index is 541. The molecule has 4 heteroatoms. The van der Waals surface area contributed by atoms with Crippen LogP contribution < -0.4 is 0 Å². The van der Waals surface area contributed by atoms with Crippen LogP contribution in [0.2, 0.25) is 5.02 Å². The second-order valence-corrected chi connectivity index (χ2v) is 5.45. The molecule has 0 spiro atoms. The summed E-state index contributed by atoms with van der Waals surface area (Å²) in [5.41, 5.74) is 2.92. The first-order valence-corrected chi connectivity index (χ1v) is 6.63. The second kappa shape index (κ2) is 4.86. The number of nitrogens with zero attached hydrogens (tertiary/aromatic N) is 1. The van der Waals surface area contributed by atoms with E-state index >= 15 is 0 Å². The first-order valence-electron chi connectivity index (χ1n) is 4.67. The number of pyridine rings is 1. The first-order chi connectivity index (χ1) is 7.59. The molecular weight excluding hydrogens is 353 g/mol. The smallest absolute Gasteiger partial charge is 0.107 e. The number of hydrogen-bond acceptors (Lipinski definition) is 1. The van der Waals surface area contributed by atoms with Gasteiger partial charge in [-0.3, -0.25) is 0 Å². The Morgan fingerprint density at radius 2 is 1.88 bits per heavy atom. The third kappa shape index (κ3) is 2.31. The Morgan fingerprint density at radius 3 is 2.56 bits per heavy atom. The topological polar surface area (TPSA) is 12.9 Å². The lowest BCUT2D eigenvalue weighted by molar-refractivity contribution is 1.22. The molecule has 0 unspecified atom stereocenters. The van der Waals surface area contributed by atoms with Crippen LogP contribution in [0.1, 0.15) is 5.56 Å². The zero-order valence-electron chi connectivity index (χ0n) is 8.47. The van der Waals surface area contributed by atoms with Crippen LogP contribution in [-0.2, 0) is 0 Å². The van der Waals surface area contributed by atoms with Gasteiger partial charge >= 0.3 is 0 Å². The van der Waals surface area contributed by atoms with Gasteiger partial charge in [-0.15, -0.1) is 0 Å². The zero-order chi connectivity index (χ0) is 11.7. The number of aromatic nitrogens is 1. The Kier molecular flexibility index (Phi) is 3.67. The van der Waals surface area contributed by atoms with Gasteiger partial charge in [-0.1, -0.05) is 45.7 Å². The van der Waals surface area contributed by atoms with E-state index in [0.717, 1.165) is 25.9 Å². The van der Waals surface area contributed by atoms with Gasteiger partial charge in [0, 0.05) is 15.1 Å². The van der Waals surface area contributed by atoms with E-state index in [1.807, 2.05) is 37.3 Å². The van der Waals surface area contributed by atoms with Gasteiger partial charge in [0.25, 0.3) is 0 Å². The maximum Gasteiger partial charge on any atom is 0.107 e. The predicted molar refractivity (Wildman–Crippen MR) is 74.8 cm³/mol. The highest BCUT2D eigenvalue weighted by molar-refractivity contribution is 9.11. The minimum atomic E-state index is 0.711. The van der Waals surface area contributed by atoms with Crippen molar-refractivity contribution < 1.29 is 0 Å². The van der Waals surface area contributed by atoms with E-state index in [1.54, 1.807) is 0 Å². The molecule has 0 N–H and O–H groups in total. The zero-order valence-corrected chi connectivity index (χ0v) is 12.4. The van der Waals surface area contributed by atoms with Gasteiger partial charge < -0.3 is 0 Å². The number of halogens is 3. The molecule has 0 aliphatic rings. The fraction of sp³-hybridized carbons (Fsp3) is 0.0833. The Labute approximate surface area is 116 Å². The second-order valence-electron chi connectivity index (χ2n) is 3.38. The van der Waals surface area contributed by atoms with E-state index < -0.39 is 0 Å². The van der Waals surface area contributed by atoms with Gasteiger partial charge in [0.2, 0.25) is 0 Å². The highest BCUT2D eigenvalue weighted by atomic mass is 79.9. The molecular formula is C12H8Br2ClN. The summed E-state index contributed by atoms with van der Waals surface area (Å²) in [6.45, 7) is 2.02. The Balaban J connectivity index is 2.69. The van der Waals surface area contributed by atoms with E-state index in [0.29, 0.717) is 5.02 Å². The molecule has 0 aliphatic heterocycles. The quantitative estimate of drug-likeness (QED) is 0.633. The maximum atomic E-state index is 6.16. The molecule has 82 valence electrons. The molecule has 1 aromatic carbocycles. The predicted octanol–water partition coefficient (Wildman–Crippen LogP) is 5.24. The SMILES string of the molecule is Cc1c(Br)cc(Br)nc1-c1ccccc1Cl. The molecule has 0 radical (unpaired) electrons. The van der Waals surface area contributed by atoms with Crippen LogP contribution in [0.15, 0.2) is 39.4 Å². The molecule has 0 amide bonds. The van der Waals surface area contributed by atoms with Crippen LogP contribution in [0, 0.1) is 6.92 Å². The van der Waals surface area contributed by atoms with E-state index in [1.165, 1.54) is 0 Å². The van der Waals surface area contributed by atoms with Crippen LogP contribution in [0.5, 0.6) is 0 Å². The number of rotatable bonds is 1. The average Bonchev–Trinajstić information content (AvgIpc) is 2.24. The van der Waals surface area contributed by atoms with E-state index in [9.17, 15) is 0 Å². The number of benzene rings is 1. The fourth-order valence-electron chi connectivity index (χ4n) is 1.46. The molecule has 0 saturated heterocycles. The van der Waals surface area contributed by atoms with Crippen molar-refractivity contribution in [1.29, 1.82) is 0 Å². The molecule has 2 rings (SSSR count). The highest BCUT2D eigenvalue weighted by Crippen LogP contribution is 2.33. The summed E-state index contributed by atoms with van der Waals surface area (Å²) in [7, 11) is 0. The summed E-state index contributed by atoms with van der Waals surface area (Å²) >= 11 is 13.1. The van der Waals surface area contributed by atoms with Gasteiger partial charge in [-0.05, 0) is 40.5 Å². The minimum absolute atomic E-state index is 0.711. The lowest BCUT2D eigenvalue weighted by atomic mass is 10.1. The van der Waals surface area contributed by atoms with Crippen molar-refractivity contribution in [3.63, 3.8) is 0 Å². The third-order valence-corrected chi connectivity index (χ3v) is 3.87. The largest absolute Gasteiger partial charge is 0.240 e. The normalized spacial score (nSPS) is 10.5. The van der Waals surface area contributed by atoms with Crippen LogP contribution in [0.3, 0.4) is 0 Å². The van der Waals surface area contributed by atoms with Crippen molar-refractivity contribution in [2.45, 2.75) is 6.92 Å². The van der Waals surface area contributed by atoms with Gasteiger partial charge in [0.15, 0.2) is 0 Å². The molecule has 0 saturated carbocycles. The van der Waals surface area contributed by atoms with Gasteiger partial charge in [-0.2, -0.15) is 0 Å². The van der Waals surface area contributed by atoms with E-state index in [-0.39, 0.29) is 0 Å². The van der Waals surface area contributed by atoms with Gasteiger partial charge in [0.1, 0.15) is 4.60 Å². The van der Waals surface area contributed by atoms with Crippen molar-refractivity contribution in [2.75, 3.05) is 0 Å². The third-order valence-electron chi connectivity index (χ3n) is 2.31. The van der Waals surface area contributed by atoms with Gasteiger partial charge in [-0.25, -0.2) is 4.98 Å². The summed E-state index contributed by atoms with van der Waals surface area (Å²) < 4.78 is 1.81. The van der Waals surface area contributed by atoms with Gasteiger partial charge in [0.05, 0.1) is 5.69 Å². The fourth-order valence-corrected chi connectivity index (χ4v) is 2.81. The monoisotopic (exact) mass is 359 g/mol. The summed E-state index contributed by atoms with van der Waals surface area (Å²) in [6.07, 6.45) is 0. The Hall–Kier alpha value is -0.380. The molecule has 0 fully saturated rings. The molecule has 0 aliphatic carbocycles. The molecule has 0 atom stereocenters. The molecule has 1 aromatic heterocycles. The maximum absolute atomic E-state index is 6.16. The standard InChI is InChI=1S/C12H8Br2ClN/c1-7-9(13)6-11(14)16-12(7)8-4-2-3-5-10(8)15/h2-6H,1H3. The number of hydrogen-bond donors (Lipinski definition) is 0. The van der Waals surface area contributed by atoms with Crippen molar-refractivity contribution >= 4 is 43.5 Å². The minimum Gasteiger partial charge on any atom is -0.240 e. The van der Waals surface area contributed by atoms with Crippen molar-refractivity contribution in [1.82, 2.24) is 4.98 Å². The summed E-state index contributed by atoms with van der Waals surface area (Å²) in [5, 5.41) is 0.711. The van der Waals surface area contributed by atoms with E-state index in [4.69, 9.17) is 11.6 Å². The molecule has 2 aromatic rings. The summed E-state index contributed by atoms with van der Waals surface area (Å²) in [4.78, 5) is 4.47. The van der Waals surface area contributed by atoms with Crippen LogP contribution in [-0.4, -0.2) is 4.98 Å². The lowest BCUT2D eigenvalue weighted by Crippen LogP contribution is -1.91. The van der Waals surface area contributed by atoms with Crippen molar-refractivity contribution in [3.05, 3.63) is 50.0 Å². The Morgan fingerprint density at radius 1 is 1.19 bits per heavy atom. The molecule has 1 nitrogen and oxygen atoms in total. The average molecular weight is 361 g/mol. The van der Waals surface area contributed by atoms with Crippen LogP contribution >= 0.6 is 43.5 Å². The highest BCUT2D eigenvalue weighted by Gasteiger charge is 2.10. The van der Waals surface area contributed by atoms with Crippen molar-refractivity contribution in [3.8, 4) is 11.3 Å². The first kappa shape index (κ1) is 12.1. The van der Waals surface area contributed by atoms with Crippen LogP contribution in [0.25, 0.3) is 11.3 Å². The van der Waals surface area contributed by atoms with E-state index in [2.05, 4.69) is 36.8 Å². The molecule has 16 heavy (non-hydrogen) atoms. The molecule has 1 heterocycles. The van der Waals surface area contributed by atoms with Crippen molar-refractivity contribution in [2.24, 2.45) is 0 Å². The summed E-state index contributed by atoms with van der Waals surface area (Å²) in [5.74, 6) is 0.